The molecule has 10 rings (SSSR count). The van der Waals surface area contributed by atoms with Crippen molar-refractivity contribution in [2.45, 2.75) is 225 Å². The molecule has 28 heteroatoms. The predicted molar refractivity (Wildman–Crippen MR) is 500 cm³/mol. The highest BCUT2D eigenvalue weighted by Crippen LogP contribution is 2.38. The quantitative estimate of drug-likeness (QED) is 0.0107. The number of aryl methyl sites for hydroxylation is 3. The average Bonchev–Trinajstić information content (AvgIpc) is 1.07. The molecule has 0 radical (unpaired) electrons. The molecule has 8 amide bonds. The van der Waals surface area contributed by atoms with Gasteiger partial charge in [-0.05, 0) is 121 Å². The van der Waals surface area contributed by atoms with E-state index in [9.17, 15) is 44.1 Å². The second kappa shape index (κ2) is 49.5. The highest BCUT2D eigenvalue weighted by Gasteiger charge is 2.42. The minimum Gasteiger partial charge on any atom is -0.377 e. The van der Waals surface area contributed by atoms with Crippen LogP contribution in [-0.2, 0) is 85.8 Å². The number of nitrogens with zero attached hydrogens (tertiary/aromatic N) is 1. The zero-order valence-electron chi connectivity index (χ0n) is 74.5. The van der Waals surface area contributed by atoms with Gasteiger partial charge in [-0.3, -0.25) is 68.8 Å². The number of benzene rings is 8. The Morgan fingerprint density at radius 3 is 1.62 bits per heavy atom. The summed E-state index contributed by atoms with van der Waals surface area (Å²) in [6, 6.07) is 54.8. The molecule has 2 aliphatic rings. The van der Waals surface area contributed by atoms with Gasteiger partial charge in [0.1, 0.15) is 66.5 Å². The maximum Gasteiger partial charge on any atom is 0.244 e. The molecule has 0 aromatic heterocycles. The van der Waals surface area contributed by atoms with Crippen molar-refractivity contribution in [3.8, 4) is 11.1 Å². The van der Waals surface area contributed by atoms with Gasteiger partial charge in [-0.1, -0.05) is 292 Å². The first kappa shape index (κ1) is 100. The second-order valence-corrected chi connectivity index (χ2v) is 36.2. The Morgan fingerprint density at radius 1 is 0.551 bits per heavy atom. The average molecular weight is 1770 g/mol. The van der Waals surface area contributed by atoms with Crippen LogP contribution in [0.3, 0.4) is 0 Å². The Morgan fingerprint density at radius 2 is 1.06 bits per heavy atom. The van der Waals surface area contributed by atoms with Gasteiger partial charge in [-0.2, -0.15) is 0 Å². The van der Waals surface area contributed by atoms with Crippen LogP contribution in [0.4, 0.5) is 0 Å². The monoisotopic (exact) mass is 1770 g/mol. The number of hydrogen-bond acceptors (Lipinski definition) is 20. The van der Waals surface area contributed by atoms with Crippen LogP contribution in [0.15, 0.2) is 212 Å². The lowest BCUT2D eigenvalue weighted by Crippen LogP contribution is -2.61. The fourth-order valence-electron chi connectivity index (χ4n) is 15.7. The smallest absolute Gasteiger partial charge is 0.244 e. The highest BCUT2D eigenvalue weighted by molar-refractivity contribution is 8.76. The van der Waals surface area contributed by atoms with Crippen molar-refractivity contribution in [2.75, 3.05) is 24.6 Å². The van der Waals surface area contributed by atoms with Crippen LogP contribution in [0.25, 0.3) is 11.1 Å². The molecule has 2 fully saturated rings. The predicted octanol–water partition coefficient (Wildman–Crippen LogP) is 8.47. The SMILES string of the molecule is CC.CC(=O)C[C@@H]1NC(=O)[C@@H](NC(=O)[C@@H]2CCCN2[C@H](O)[C@@H](N)CC(C)C)CSSC[C@@H](C(=O)N[C@@H](Cc2ccc(-c3ccccc3)cc2)C(=O)N[C@@H](CC(C)=O)[C@@H](O)NCc2cccc(CNC(c3ccccc3)(c3ccccc3)c3ccc(C)cc3)c2)NC(=O)[C@H](C(C)C)N[C@H](O)CNC(=O)[C@H](Cc2ccc(C)cc2)NC(=O)[C@H](Cc2ccc(C)cc2)NC1=O. The number of aliphatic hydroxyl groups is 3. The van der Waals surface area contributed by atoms with E-state index in [-0.39, 0.29) is 61.9 Å². The topological polar surface area (TPSA) is 393 Å². The Balaban J connectivity index is 0.00000905. The lowest BCUT2D eigenvalue weighted by Gasteiger charge is -2.37. The van der Waals surface area contributed by atoms with Crippen molar-refractivity contribution in [3.05, 3.63) is 274 Å². The van der Waals surface area contributed by atoms with Crippen molar-refractivity contribution in [3.63, 3.8) is 0 Å². The molecule has 0 bridgehead atoms. The number of Topliss-reactive ketones (excluding diaryl/α,β-unsaturated/α-hetero) is 2. The molecule has 678 valence electrons. The minimum absolute atomic E-state index is 0.0824. The van der Waals surface area contributed by atoms with Gasteiger partial charge in [-0.25, -0.2) is 0 Å². The molecule has 0 saturated carbocycles. The summed E-state index contributed by atoms with van der Waals surface area (Å²) in [7, 11) is 1.97. The van der Waals surface area contributed by atoms with Gasteiger partial charge in [0, 0.05) is 69.3 Å². The largest absolute Gasteiger partial charge is 0.377 e. The standard InChI is InChI=1S/C97H121N13O13S2.C2H6/c1-59(2)47-76(98)96(123)110-46-20-29-84(110)94(121)107-82-57-124-125-58-83(108-95(122)86(60(3)4)109-85(113)56-100-88(115)79(51-66-36-30-61(5)31-37-66)104-91(118)80(52-67-38-32-62(6)33-39-67)105-89(116)78(49-65(9)112)103-92(82)119)93(120)106-81(53-68-40-42-72(43-41-68)71-23-13-10-14-24-71)90(117)102-77(48-64(8)111)87(114)99-54-69-21-19-22-70(50-69)55-101-97(73-25-15-11-16-26-73,74-27-17-12-18-28-74)75-44-34-63(7)35-45-75;1-2/h10-19,21-28,30-45,50,59-60,76-87,96,99,101,109,113-114,123H,20,29,46-49,51-58,98H2,1-9H3,(H,100,115)(H,102,117)(H,103,119)(H,104,118)(H,105,116)(H,106,120)(H,107,121)(H,108,122);1-2H3/t76-,77-,78-,79-,80-,81-,82-,83-,84-,85+,86-,87+,96+;/m0./s1. The molecule has 0 unspecified atom stereocenters. The lowest BCUT2D eigenvalue weighted by atomic mass is 9.76. The van der Waals surface area contributed by atoms with E-state index < -0.39 is 157 Å². The summed E-state index contributed by atoms with van der Waals surface area (Å²) in [4.78, 5) is 149. The van der Waals surface area contributed by atoms with Gasteiger partial charge in [0.2, 0.25) is 47.3 Å². The number of ketones is 2. The molecule has 16 N–H and O–H groups in total. The lowest BCUT2D eigenvalue weighted by molar-refractivity contribution is -0.136. The van der Waals surface area contributed by atoms with Gasteiger partial charge < -0.3 is 63.6 Å². The second-order valence-electron chi connectivity index (χ2n) is 33.6. The van der Waals surface area contributed by atoms with Crippen molar-refractivity contribution in [1.29, 1.82) is 0 Å². The summed E-state index contributed by atoms with van der Waals surface area (Å²) in [6.45, 7) is 19.9. The molecule has 2 saturated heterocycles. The third-order valence-corrected chi connectivity index (χ3v) is 24.9. The molecular formula is C99H127N13O13S2. The summed E-state index contributed by atoms with van der Waals surface area (Å²) >= 11 is 0. The number of aliphatic hydroxyl groups excluding tert-OH is 3. The van der Waals surface area contributed by atoms with E-state index in [1.807, 2.05) is 169 Å². The van der Waals surface area contributed by atoms with Crippen LogP contribution < -0.4 is 64.2 Å². The number of likely N-dealkylation sites (tertiary alicyclic amines) is 1. The summed E-state index contributed by atoms with van der Waals surface area (Å²) in [6.07, 6.45) is -4.56. The van der Waals surface area contributed by atoms with Crippen LogP contribution >= 0.6 is 21.6 Å². The first-order valence-electron chi connectivity index (χ1n) is 43.8. The normalized spacial score (nSPS) is 20.3. The fourth-order valence-corrected chi connectivity index (χ4v) is 18.0. The minimum atomic E-state index is -1.66. The van der Waals surface area contributed by atoms with Crippen molar-refractivity contribution in [1.82, 2.24) is 63.4 Å². The summed E-state index contributed by atoms with van der Waals surface area (Å²) in [5.74, 6) is -8.72. The molecule has 0 spiro atoms. The van der Waals surface area contributed by atoms with Crippen molar-refractivity contribution in [2.24, 2.45) is 17.6 Å². The van der Waals surface area contributed by atoms with Crippen LogP contribution in [0.2, 0.25) is 0 Å². The maximum atomic E-state index is 15.6. The van der Waals surface area contributed by atoms with Crippen LogP contribution in [0.5, 0.6) is 0 Å². The fraction of sp³-hybridized carbons (Fsp3) is 0.414. The van der Waals surface area contributed by atoms with E-state index >= 15 is 19.2 Å². The number of β-amino-alcohol motifs (C(OH)–C–C–N with tert-alkyl or cyclic N) is 1. The zero-order chi connectivity index (χ0) is 91.9. The number of nitrogens with one attached hydrogen (secondary N) is 11. The molecular weight excluding hydrogens is 1640 g/mol. The summed E-state index contributed by atoms with van der Waals surface area (Å²) in [5, 5.41) is 68.2. The number of amides is 8. The molecule has 8 aromatic carbocycles. The number of carbonyl (C=O) groups excluding carboxylic acids is 10. The van der Waals surface area contributed by atoms with E-state index in [0.717, 1.165) is 77.2 Å². The van der Waals surface area contributed by atoms with E-state index in [1.54, 1.807) is 55.1 Å². The van der Waals surface area contributed by atoms with Gasteiger partial charge in [-0.15, -0.1) is 0 Å². The van der Waals surface area contributed by atoms with E-state index in [2.05, 4.69) is 114 Å². The Bertz CT molecular complexity index is 4870. The van der Waals surface area contributed by atoms with Gasteiger partial charge in [0.05, 0.1) is 30.2 Å². The number of carbonyl (C=O) groups is 10. The van der Waals surface area contributed by atoms with E-state index in [1.165, 1.54) is 13.8 Å². The van der Waals surface area contributed by atoms with Crippen LogP contribution in [-0.4, -0.2) is 183 Å². The van der Waals surface area contributed by atoms with Crippen molar-refractivity contribution >= 4 is 80.4 Å². The van der Waals surface area contributed by atoms with Crippen LogP contribution in [0, 0.1) is 32.6 Å². The molecule has 2 heterocycles. The summed E-state index contributed by atoms with van der Waals surface area (Å²) < 4.78 is 0. The molecule has 2 aliphatic heterocycles. The summed E-state index contributed by atoms with van der Waals surface area (Å²) in [5.41, 5.74) is 17.1. The maximum absolute atomic E-state index is 15.6. The first-order valence-corrected chi connectivity index (χ1v) is 46.3. The number of nitrogens with two attached hydrogens (primary N) is 1. The number of rotatable bonds is 32. The first-order chi connectivity index (χ1) is 60.9. The Kier molecular flexibility index (Phi) is 39.0. The molecule has 13 atom stereocenters. The third kappa shape index (κ3) is 29.9. The Labute approximate surface area is 754 Å². The van der Waals surface area contributed by atoms with E-state index in [0.29, 0.717) is 42.6 Å². The molecule has 8 aromatic rings. The molecule has 26 nitrogen and oxygen atoms in total. The number of hydrogen-bond donors (Lipinski definition) is 15. The van der Waals surface area contributed by atoms with Gasteiger partial charge in [0.15, 0.2) is 0 Å². The van der Waals surface area contributed by atoms with Gasteiger partial charge in [0.25, 0.3) is 0 Å². The third-order valence-electron chi connectivity index (χ3n) is 22.5. The molecule has 0 aliphatic carbocycles. The van der Waals surface area contributed by atoms with Gasteiger partial charge >= 0.3 is 0 Å². The van der Waals surface area contributed by atoms with Crippen molar-refractivity contribution < 1.29 is 63.3 Å². The van der Waals surface area contributed by atoms with Crippen LogP contribution in [0.1, 0.15) is 149 Å². The highest BCUT2D eigenvalue weighted by atomic mass is 33.1. The zero-order valence-corrected chi connectivity index (χ0v) is 76.2. The molecule has 127 heavy (non-hydrogen) atoms. The Hall–Kier alpha value is -10.8. The van der Waals surface area contributed by atoms with E-state index in [4.69, 9.17) is 5.73 Å².